The fraction of sp³-hybridized carbons (Fsp3) is 0.292. The Morgan fingerprint density at radius 3 is 2.46 bits per heavy atom. The van der Waals surface area contributed by atoms with E-state index in [1.165, 1.54) is 34.8 Å². The topological polar surface area (TPSA) is 132 Å². The monoisotopic (exact) mass is 577 g/mol. The largest absolute Gasteiger partial charge is 0.573 e. The van der Waals surface area contributed by atoms with E-state index < -0.39 is 18.0 Å². The molecule has 0 saturated heterocycles. The van der Waals surface area contributed by atoms with Crippen LogP contribution in [0.1, 0.15) is 34.8 Å². The fourth-order valence-corrected chi connectivity index (χ4v) is 4.78. The van der Waals surface area contributed by atoms with Gasteiger partial charge in [-0.05, 0) is 49.1 Å². The average molecular weight is 578 g/mol. The summed E-state index contributed by atoms with van der Waals surface area (Å²) in [6.07, 6.45) is -1.74. The van der Waals surface area contributed by atoms with E-state index in [4.69, 9.17) is 0 Å². The number of halogens is 3. The van der Waals surface area contributed by atoms with Crippen LogP contribution in [0.15, 0.2) is 47.3 Å². The van der Waals surface area contributed by atoms with Gasteiger partial charge in [-0.2, -0.15) is 5.10 Å². The Morgan fingerprint density at radius 1 is 0.897 bits per heavy atom. The number of alkyl halides is 3. The van der Waals surface area contributed by atoms with Crippen LogP contribution in [0.2, 0.25) is 0 Å². The summed E-state index contributed by atoms with van der Waals surface area (Å²) in [7, 11) is 0. The van der Waals surface area contributed by atoms with Crippen molar-refractivity contribution in [2.45, 2.75) is 44.9 Å². The SMILES string of the molecule is O=C(Cc1cccc(OC(F)(F)F)c1)Nc1ccc(CCCCc2nnc(NC(=O)Cc3cscn3)s2)nn1. The maximum absolute atomic E-state index is 12.4. The van der Waals surface area contributed by atoms with Crippen LogP contribution in [0.4, 0.5) is 24.1 Å². The Kier molecular flexibility index (Phi) is 9.49. The Labute approximate surface area is 228 Å². The molecule has 3 aromatic heterocycles. The standard InChI is InChI=1S/C24H22F3N7O3S2/c25-24(26,27)37-18-6-3-4-15(10-18)11-20(35)29-19-9-8-16(31-32-19)5-1-2-7-22-33-34-23(39-22)30-21(36)12-17-13-38-14-28-17/h3-4,6,8-10,13-14H,1-2,5,7,11-12H2,(H,29,32,35)(H,30,34,36). The molecule has 0 spiro atoms. The smallest absolute Gasteiger partial charge is 0.406 e. The van der Waals surface area contributed by atoms with Gasteiger partial charge in [-0.3, -0.25) is 9.59 Å². The van der Waals surface area contributed by atoms with Crippen LogP contribution in [0.3, 0.4) is 0 Å². The highest BCUT2D eigenvalue weighted by atomic mass is 32.1. The Bertz CT molecular complexity index is 1380. The predicted molar refractivity (Wildman–Crippen MR) is 138 cm³/mol. The number of amides is 2. The summed E-state index contributed by atoms with van der Waals surface area (Å²) in [5.74, 6) is -0.786. The van der Waals surface area contributed by atoms with Gasteiger partial charge in [0.25, 0.3) is 0 Å². The van der Waals surface area contributed by atoms with E-state index in [9.17, 15) is 22.8 Å². The minimum Gasteiger partial charge on any atom is -0.406 e. The number of nitrogens with one attached hydrogen (secondary N) is 2. The lowest BCUT2D eigenvalue weighted by molar-refractivity contribution is -0.274. The summed E-state index contributed by atoms with van der Waals surface area (Å²) in [5.41, 5.74) is 3.50. The molecular weight excluding hydrogens is 555 g/mol. The molecule has 4 rings (SSSR count). The minimum atomic E-state index is -4.80. The van der Waals surface area contributed by atoms with Gasteiger partial charge in [0.05, 0.1) is 29.7 Å². The summed E-state index contributed by atoms with van der Waals surface area (Å²) in [6, 6.07) is 8.60. The van der Waals surface area contributed by atoms with E-state index in [-0.39, 0.29) is 24.6 Å². The Morgan fingerprint density at radius 2 is 1.72 bits per heavy atom. The highest BCUT2D eigenvalue weighted by molar-refractivity contribution is 7.15. The Hall–Kier alpha value is -3.98. The van der Waals surface area contributed by atoms with E-state index in [1.54, 1.807) is 17.6 Å². The predicted octanol–water partition coefficient (Wildman–Crippen LogP) is 4.61. The van der Waals surface area contributed by atoms with E-state index in [0.29, 0.717) is 29.2 Å². The van der Waals surface area contributed by atoms with Crippen molar-refractivity contribution in [1.29, 1.82) is 0 Å². The maximum Gasteiger partial charge on any atom is 0.573 e. The van der Waals surface area contributed by atoms with Gasteiger partial charge in [-0.1, -0.05) is 23.5 Å². The third-order valence-corrected chi connectivity index (χ3v) is 6.63. The molecule has 15 heteroatoms. The molecule has 0 aliphatic heterocycles. The summed E-state index contributed by atoms with van der Waals surface area (Å²) in [6.45, 7) is 0. The van der Waals surface area contributed by atoms with Gasteiger partial charge in [-0.15, -0.1) is 39.8 Å². The van der Waals surface area contributed by atoms with Crippen molar-refractivity contribution < 1.29 is 27.5 Å². The van der Waals surface area contributed by atoms with Gasteiger partial charge in [0, 0.05) is 11.8 Å². The first-order valence-corrected chi connectivity index (χ1v) is 13.4. The zero-order valence-corrected chi connectivity index (χ0v) is 21.9. The van der Waals surface area contributed by atoms with Crippen LogP contribution >= 0.6 is 22.7 Å². The second kappa shape index (κ2) is 13.2. The van der Waals surface area contributed by atoms with Crippen molar-refractivity contribution >= 4 is 45.4 Å². The first-order chi connectivity index (χ1) is 18.7. The second-order valence-electron chi connectivity index (χ2n) is 8.24. The first kappa shape index (κ1) is 28.0. The van der Waals surface area contributed by atoms with Crippen LogP contribution < -0.4 is 15.4 Å². The number of thiazole rings is 1. The number of anilines is 2. The van der Waals surface area contributed by atoms with Crippen molar-refractivity contribution in [3.05, 3.63) is 69.2 Å². The fourth-order valence-electron chi connectivity index (χ4n) is 3.43. The second-order valence-corrected chi connectivity index (χ2v) is 10.0. The molecule has 0 aliphatic carbocycles. The van der Waals surface area contributed by atoms with Crippen molar-refractivity contribution in [1.82, 2.24) is 25.4 Å². The molecule has 0 unspecified atom stereocenters. The summed E-state index contributed by atoms with van der Waals surface area (Å²) in [5, 5.41) is 24.7. The lowest BCUT2D eigenvalue weighted by Crippen LogP contribution is -2.18. The number of aryl methyl sites for hydroxylation is 2. The minimum absolute atomic E-state index is 0.151. The van der Waals surface area contributed by atoms with E-state index >= 15 is 0 Å². The number of carbonyl (C=O) groups is 2. The van der Waals surface area contributed by atoms with E-state index in [1.807, 2.05) is 5.38 Å². The molecule has 0 bridgehead atoms. The zero-order chi connectivity index (χ0) is 27.7. The van der Waals surface area contributed by atoms with Gasteiger partial charge < -0.3 is 15.4 Å². The summed E-state index contributed by atoms with van der Waals surface area (Å²) in [4.78, 5) is 28.4. The van der Waals surface area contributed by atoms with Crippen molar-refractivity contribution in [3.8, 4) is 5.75 Å². The van der Waals surface area contributed by atoms with E-state index in [0.717, 1.165) is 35.7 Å². The van der Waals surface area contributed by atoms with Crippen molar-refractivity contribution in [2.75, 3.05) is 10.6 Å². The van der Waals surface area contributed by atoms with Crippen molar-refractivity contribution in [2.24, 2.45) is 0 Å². The van der Waals surface area contributed by atoms with Gasteiger partial charge in [0.1, 0.15) is 10.8 Å². The number of nitrogens with zero attached hydrogens (tertiary/aromatic N) is 5. The maximum atomic E-state index is 12.4. The van der Waals surface area contributed by atoms with Crippen LogP contribution in [0.5, 0.6) is 5.75 Å². The lowest BCUT2D eigenvalue weighted by Gasteiger charge is -2.10. The Balaban J connectivity index is 1.15. The van der Waals surface area contributed by atoms with Gasteiger partial charge >= 0.3 is 6.36 Å². The molecule has 4 aromatic rings. The number of rotatable bonds is 12. The third kappa shape index (κ3) is 9.68. The normalized spacial score (nSPS) is 11.3. The van der Waals surface area contributed by atoms with Crippen LogP contribution in [0.25, 0.3) is 0 Å². The molecule has 10 nitrogen and oxygen atoms in total. The molecule has 1 aromatic carbocycles. The number of unbranched alkanes of at least 4 members (excludes halogenated alkanes) is 1. The number of carbonyl (C=O) groups excluding carboxylic acids is 2. The number of aromatic nitrogens is 5. The number of ether oxygens (including phenoxy) is 1. The number of hydrogen-bond acceptors (Lipinski definition) is 10. The number of benzene rings is 1. The molecular formula is C24H22F3N7O3S2. The molecule has 0 aliphatic rings. The van der Waals surface area contributed by atoms with Crippen molar-refractivity contribution in [3.63, 3.8) is 0 Å². The van der Waals surface area contributed by atoms with Crippen LogP contribution in [0, 0.1) is 0 Å². The quantitative estimate of drug-likeness (QED) is 0.233. The molecule has 3 heterocycles. The van der Waals surface area contributed by atoms with Crippen LogP contribution in [-0.2, 0) is 35.3 Å². The molecule has 39 heavy (non-hydrogen) atoms. The lowest BCUT2D eigenvalue weighted by atomic mass is 10.1. The first-order valence-electron chi connectivity index (χ1n) is 11.7. The molecule has 0 radical (unpaired) electrons. The molecule has 0 atom stereocenters. The highest BCUT2D eigenvalue weighted by Gasteiger charge is 2.31. The molecule has 0 saturated carbocycles. The average Bonchev–Trinajstić information content (AvgIpc) is 3.54. The summed E-state index contributed by atoms with van der Waals surface area (Å²) >= 11 is 2.77. The van der Waals surface area contributed by atoms with Gasteiger partial charge in [0.15, 0.2) is 5.82 Å². The molecule has 2 N–H and O–H groups in total. The number of hydrogen-bond donors (Lipinski definition) is 2. The molecule has 0 fully saturated rings. The van der Waals surface area contributed by atoms with E-state index in [2.05, 4.69) is 40.7 Å². The molecule has 2 amide bonds. The third-order valence-electron chi connectivity index (χ3n) is 5.10. The van der Waals surface area contributed by atoms with Gasteiger partial charge in [-0.25, -0.2) is 4.98 Å². The highest BCUT2D eigenvalue weighted by Crippen LogP contribution is 2.23. The van der Waals surface area contributed by atoms with Gasteiger partial charge in [0.2, 0.25) is 16.9 Å². The zero-order valence-electron chi connectivity index (χ0n) is 20.3. The van der Waals surface area contributed by atoms with Crippen LogP contribution in [-0.4, -0.2) is 43.6 Å². The molecule has 204 valence electrons. The summed E-state index contributed by atoms with van der Waals surface area (Å²) < 4.78 is 41.0.